The van der Waals surface area contributed by atoms with Crippen LogP contribution in [0.3, 0.4) is 0 Å². The number of benzene rings is 2. The van der Waals surface area contributed by atoms with Crippen LogP contribution in [0, 0.1) is 18.3 Å². The molecule has 1 aromatic heterocycles. The predicted molar refractivity (Wildman–Crippen MR) is 82.6 cm³/mol. The lowest BCUT2D eigenvalue weighted by Crippen LogP contribution is -2.03. The van der Waals surface area contributed by atoms with Crippen LogP contribution in [0.15, 0.2) is 42.6 Å². The molecule has 1 heterocycles. The highest BCUT2D eigenvalue weighted by atomic mass is 35.5. The first-order valence-electron chi connectivity index (χ1n) is 6.43. The van der Waals surface area contributed by atoms with Gasteiger partial charge in [0.15, 0.2) is 5.78 Å². The van der Waals surface area contributed by atoms with Gasteiger partial charge in [0.25, 0.3) is 0 Å². The molecule has 3 rings (SSSR count). The van der Waals surface area contributed by atoms with Gasteiger partial charge in [0.2, 0.25) is 0 Å². The summed E-state index contributed by atoms with van der Waals surface area (Å²) in [6, 6.07) is 12.6. The van der Waals surface area contributed by atoms with Gasteiger partial charge in [0.05, 0.1) is 11.6 Å². The third-order valence-electron chi connectivity index (χ3n) is 3.57. The van der Waals surface area contributed by atoms with Crippen LogP contribution < -0.4 is 0 Å². The summed E-state index contributed by atoms with van der Waals surface area (Å²) in [7, 11) is 0. The summed E-state index contributed by atoms with van der Waals surface area (Å²) in [5.74, 6) is -0.101. The van der Waals surface area contributed by atoms with Crippen molar-refractivity contribution >= 4 is 28.3 Å². The molecule has 1 N–H and O–H groups in total. The second kappa shape index (κ2) is 5.08. The fourth-order valence-corrected chi connectivity index (χ4v) is 2.55. The van der Waals surface area contributed by atoms with E-state index in [1.54, 1.807) is 42.6 Å². The minimum Gasteiger partial charge on any atom is -0.360 e. The highest BCUT2D eigenvalue weighted by molar-refractivity contribution is 6.32. The van der Waals surface area contributed by atoms with Crippen LogP contribution in [0.25, 0.3) is 10.9 Å². The average molecular weight is 295 g/mol. The predicted octanol–water partition coefficient (Wildman–Crippen LogP) is 4.23. The van der Waals surface area contributed by atoms with E-state index in [1.807, 2.05) is 6.92 Å². The van der Waals surface area contributed by atoms with E-state index >= 15 is 0 Å². The number of fused-ring (bicyclic) bond motifs is 1. The van der Waals surface area contributed by atoms with Gasteiger partial charge in [-0.15, -0.1) is 0 Å². The molecule has 2 aromatic carbocycles. The van der Waals surface area contributed by atoms with E-state index in [-0.39, 0.29) is 5.78 Å². The molecule has 0 aliphatic carbocycles. The lowest BCUT2D eigenvalue weighted by atomic mass is 9.98. The van der Waals surface area contributed by atoms with E-state index < -0.39 is 0 Å². The molecule has 0 amide bonds. The van der Waals surface area contributed by atoms with E-state index in [0.29, 0.717) is 21.7 Å². The maximum atomic E-state index is 12.7. The Balaban J connectivity index is 2.18. The van der Waals surface area contributed by atoms with Gasteiger partial charge < -0.3 is 4.98 Å². The summed E-state index contributed by atoms with van der Waals surface area (Å²) in [5.41, 5.74) is 3.24. The summed E-state index contributed by atoms with van der Waals surface area (Å²) >= 11 is 6.08. The molecule has 102 valence electrons. The molecule has 21 heavy (non-hydrogen) atoms. The normalized spacial score (nSPS) is 10.5. The van der Waals surface area contributed by atoms with Gasteiger partial charge in [0, 0.05) is 33.2 Å². The van der Waals surface area contributed by atoms with E-state index in [4.69, 9.17) is 16.9 Å². The smallest absolute Gasteiger partial charge is 0.195 e. The number of carbonyl (C=O) groups excluding carboxylic acids is 1. The number of aromatic nitrogens is 1. The van der Waals surface area contributed by atoms with Crippen LogP contribution in [-0.2, 0) is 0 Å². The number of carbonyl (C=O) groups is 1. The Morgan fingerprint density at radius 1 is 1.24 bits per heavy atom. The molecule has 0 saturated heterocycles. The van der Waals surface area contributed by atoms with Crippen molar-refractivity contribution in [1.82, 2.24) is 4.98 Å². The zero-order valence-electron chi connectivity index (χ0n) is 11.3. The van der Waals surface area contributed by atoms with Crippen molar-refractivity contribution in [3.8, 4) is 6.07 Å². The summed E-state index contributed by atoms with van der Waals surface area (Å²) in [6.45, 7) is 1.82. The second-order valence-electron chi connectivity index (χ2n) is 4.82. The number of halogens is 1. The molecule has 3 aromatic rings. The molecule has 0 aliphatic heterocycles. The number of nitrogens with zero attached hydrogens (tertiary/aromatic N) is 1. The van der Waals surface area contributed by atoms with E-state index in [0.717, 1.165) is 16.5 Å². The zero-order valence-corrected chi connectivity index (χ0v) is 12.0. The number of aromatic amines is 1. The number of hydrogen-bond acceptors (Lipinski definition) is 2. The fraction of sp³-hybridized carbons (Fsp3) is 0.0588. The van der Waals surface area contributed by atoms with Gasteiger partial charge >= 0.3 is 0 Å². The number of ketones is 1. The number of nitrogens with one attached hydrogen (secondary N) is 1. The third-order valence-corrected chi connectivity index (χ3v) is 3.98. The number of nitriles is 1. The van der Waals surface area contributed by atoms with Gasteiger partial charge in [-0.1, -0.05) is 23.7 Å². The molecule has 0 atom stereocenters. The average Bonchev–Trinajstić information content (AvgIpc) is 2.92. The Labute approximate surface area is 126 Å². The molecular weight excluding hydrogens is 284 g/mol. The van der Waals surface area contributed by atoms with Crippen molar-refractivity contribution < 1.29 is 4.79 Å². The van der Waals surface area contributed by atoms with Crippen molar-refractivity contribution in [1.29, 1.82) is 5.26 Å². The molecule has 0 spiro atoms. The molecule has 4 heteroatoms. The summed E-state index contributed by atoms with van der Waals surface area (Å²) < 4.78 is 0. The molecule has 0 bridgehead atoms. The Morgan fingerprint density at radius 3 is 2.81 bits per heavy atom. The van der Waals surface area contributed by atoms with Crippen LogP contribution in [-0.4, -0.2) is 10.8 Å². The molecule has 0 unspecified atom stereocenters. The van der Waals surface area contributed by atoms with Crippen molar-refractivity contribution in [2.24, 2.45) is 0 Å². The molecule has 0 radical (unpaired) electrons. The van der Waals surface area contributed by atoms with Crippen LogP contribution in [0.4, 0.5) is 0 Å². The van der Waals surface area contributed by atoms with Crippen molar-refractivity contribution in [3.63, 3.8) is 0 Å². The van der Waals surface area contributed by atoms with Crippen LogP contribution in [0.2, 0.25) is 5.02 Å². The molecule has 3 nitrogen and oxygen atoms in total. The van der Waals surface area contributed by atoms with Gasteiger partial charge in [-0.05, 0) is 36.8 Å². The molecular formula is C17H11ClN2O. The topological polar surface area (TPSA) is 56.6 Å². The highest BCUT2D eigenvalue weighted by Gasteiger charge is 2.17. The lowest BCUT2D eigenvalue weighted by molar-refractivity contribution is 0.104. The Morgan fingerprint density at radius 2 is 2.05 bits per heavy atom. The van der Waals surface area contributed by atoms with Crippen LogP contribution in [0.1, 0.15) is 27.0 Å². The van der Waals surface area contributed by atoms with Gasteiger partial charge in [0.1, 0.15) is 0 Å². The standard InChI is InChI=1S/C17H11ClN2O/c1-10-12(3-2-4-15(10)18)17(21)14-9-20-16-6-5-11(8-19)7-13(14)16/h2-7,9,20H,1H3. The van der Waals surface area contributed by atoms with E-state index in [9.17, 15) is 4.79 Å². The summed E-state index contributed by atoms with van der Waals surface area (Å²) in [5, 5.41) is 10.3. The SMILES string of the molecule is Cc1c(Cl)cccc1C(=O)c1c[nH]c2ccc(C#N)cc12. The van der Waals surface area contributed by atoms with Gasteiger partial charge in [-0.25, -0.2) is 0 Å². The summed E-state index contributed by atoms with van der Waals surface area (Å²) in [4.78, 5) is 15.8. The Kier molecular flexibility index (Phi) is 3.25. The number of hydrogen-bond donors (Lipinski definition) is 1. The second-order valence-corrected chi connectivity index (χ2v) is 5.22. The third kappa shape index (κ3) is 2.20. The fourth-order valence-electron chi connectivity index (χ4n) is 2.38. The first-order valence-corrected chi connectivity index (χ1v) is 6.80. The minimum absolute atomic E-state index is 0.101. The Hall–Kier alpha value is -2.57. The van der Waals surface area contributed by atoms with Gasteiger partial charge in [-0.3, -0.25) is 4.79 Å². The highest BCUT2D eigenvalue weighted by Crippen LogP contribution is 2.26. The minimum atomic E-state index is -0.101. The maximum Gasteiger partial charge on any atom is 0.195 e. The van der Waals surface area contributed by atoms with Crippen molar-refractivity contribution in [2.75, 3.05) is 0 Å². The quantitative estimate of drug-likeness (QED) is 0.719. The zero-order chi connectivity index (χ0) is 15.0. The van der Waals surface area contributed by atoms with Crippen molar-refractivity contribution in [2.45, 2.75) is 6.92 Å². The molecule has 0 fully saturated rings. The van der Waals surface area contributed by atoms with E-state index in [1.165, 1.54) is 0 Å². The lowest BCUT2D eigenvalue weighted by Gasteiger charge is -2.05. The largest absolute Gasteiger partial charge is 0.360 e. The van der Waals surface area contributed by atoms with Crippen LogP contribution in [0.5, 0.6) is 0 Å². The van der Waals surface area contributed by atoms with E-state index in [2.05, 4.69) is 11.1 Å². The van der Waals surface area contributed by atoms with Crippen molar-refractivity contribution in [3.05, 3.63) is 69.9 Å². The summed E-state index contributed by atoms with van der Waals surface area (Å²) in [6.07, 6.45) is 1.68. The molecule has 0 saturated carbocycles. The monoisotopic (exact) mass is 294 g/mol. The maximum absolute atomic E-state index is 12.7. The number of rotatable bonds is 2. The number of H-pyrrole nitrogens is 1. The Bertz CT molecular complexity index is 903. The van der Waals surface area contributed by atoms with Crippen LogP contribution >= 0.6 is 11.6 Å². The van der Waals surface area contributed by atoms with Gasteiger partial charge in [-0.2, -0.15) is 5.26 Å². The first-order chi connectivity index (χ1) is 10.1. The molecule has 0 aliphatic rings. The first kappa shape index (κ1) is 13.4.